The lowest BCUT2D eigenvalue weighted by Gasteiger charge is -2.32. The van der Waals surface area contributed by atoms with Crippen LogP contribution in [0.4, 0.5) is 0 Å². The zero-order valence-electron chi connectivity index (χ0n) is 14.5. The molecule has 4 heteroatoms. The first-order valence-corrected chi connectivity index (χ1v) is 9.27. The van der Waals surface area contributed by atoms with E-state index in [1.807, 2.05) is 17.8 Å². The number of aryl methyl sites for hydroxylation is 2. The number of nitrogens with zero attached hydrogens (tertiary/aromatic N) is 1. The number of ether oxygens (including phenoxy) is 1. The molecular formula is C20H23NO2S. The number of aromatic nitrogens is 1. The Labute approximate surface area is 147 Å². The van der Waals surface area contributed by atoms with Gasteiger partial charge in [-0.25, -0.2) is 4.79 Å². The predicted molar refractivity (Wildman–Crippen MR) is 97.8 cm³/mol. The Balaban J connectivity index is 1.70. The highest BCUT2D eigenvalue weighted by atomic mass is 32.2. The highest BCUT2D eigenvalue weighted by Crippen LogP contribution is 2.41. The number of carbonyl (C=O) groups is 1. The lowest BCUT2D eigenvalue weighted by Crippen LogP contribution is -2.22. The number of esters is 1. The maximum atomic E-state index is 11.4. The Morgan fingerprint density at radius 2 is 2.08 bits per heavy atom. The first-order chi connectivity index (χ1) is 11.5. The van der Waals surface area contributed by atoms with Gasteiger partial charge in [-0.2, -0.15) is 0 Å². The lowest BCUT2D eigenvalue weighted by atomic mass is 9.81. The molecule has 0 unspecified atom stereocenters. The Kier molecular flexibility index (Phi) is 4.95. The van der Waals surface area contributed by atoms with Crippen molar-refractivity contribution in [2.24, 2.45) is 0 Å². The van der Waals surface area contributed by atoms with E-state index in [1.165, 1.54) is 35.3 Å². The van der Waals surface area contributed by atoms with Crippen molar-refractivity contribution < 1.29 is 9.53 Å². The third-order valence-corrected chi connectivity index (χ3v) is 5.75. The van der Waals surface area contributed by atoms with Gasteiger partial charge in [0.2, 0.25) is 0 Å². The maximum absolute atomic E-state index is 11.4. The smallest absolute Gasteiger partial charge is 0.339 e. The molecule has 0 amide bonds. The number of fused-ring (bicyclic) bond motifs is 1. The summed E-state index contributed by atoms with van der Waals surface area (Å²) in [6, 6.07) is 10.6. The number of thioether (sulfide) groups is 1. The average Bonchev–Trinajstić information content (AvgIpc) is 2.60. The second-order valence-electron chi connectivity index (χ2n) is 6.84. The molecule has 1 aromatic heterocycles. The van der Waals surface area contributed by atoms with Gasteiger partial charge in [-0.15, -0.1) is 11.8 Å². The second kappa shape index (κ2) is 6.98. The zero-order valence-corrected chi connectivity index (χ0v) is 15.3. The van der Waals surface area contributed by atoms with E-state index in [9.17, 15) is 4.79 Å². The van der Waals surface area contributed by atoms with E-state index in [-0.39, 0.29) is 11.4 Å². The van der Waals surface area contributed by atoms with Crippen molar-refractivity contribution in [1.82, 2.24) is 4.98 Å². The minimum atomic E-state index is -0.344. The van der Waals surface area contributed by atoms with E-state index in [1.54, 1.807) is 12.3 Å². The first-order valence-electron chi connectivity index (χ1n) is 8.29. The third kappa shape index (κ3) is 3.64. The van der Waals surface area contributed by atoms with Gasteiger partial charge in [-0.1, -0.05) is 26.0 Å². The molecule has 126 valence electrons. The molecule has 1 aliphatic rings. The molecule has 2 aromatic rings. The minimum Gasteiger partial charge on any atom is -0.465 e. The molecule has 2 heterocycles. The molecule has 0 spiro atoms. The summed E-state index contributed by atoms with van der Waals surface area (Å²) in [5.74, 6) is 0.860. The summed E-state index contributed by atoms with van der Waals surface area (Å²) in [5.41, 5.74) is 4.58. The molecule has 3 rings (SSSR count). The molecule has 0 saturated carbocycles. The van der Waals surface area contributed by atoms with Gasteiger partial charge in [0.05, 0.1) is 12.7 Å². The van der Waals surface area contributed by atoms with Crippen LogP contribution in [0.1, 0.15) is 47.4 Å². The number of rotatable bonds is 4. The van der Waals surface area contributed by atoms with Gasteiger partial charge < -0.3 is 4.74 Å². The van der Waals surface area contributed by atoms with E-state index in [0.717, 1.165) is 18.5 Å². The van der Waals surface area contributed by atoms with Gasteiger partial charge in [-0.3, -0.25) is 4.98 Å². The quantitative estimate of drug-likeness (QED) is 0.771. The van der Waals surface area contributed by atoms with Crippen molar-refractivity contribution in [1.29, 1.82) is 0 Å². The van der Waals surface area contributed by atoms with Crippen molar-refractivity contribution >= 4 is 17.7 Å². The van der Waals surface area contributed by atoms with E-state index >= 15 is 0 Å². The summed E-state index contributed by atoms with van der Waals surface area (Å²) >= 11 is 1.96. The molecule has 0 saturated heterocycles. The summed E-state index contributed by atoms with van der Waals surface area (Å²) in [4.78, 5) is 17.2. The van der Waals surface area contributed by atoms with Crippen LogP contribution in [-0.4, -0.2) is 23.8 Å². The topological polar surface area (TPSA) is 39.2 Å². The maximum Gasteiger partial charge on any atom is 0.339 e. The fraction of sp³-hybridized carbons (Fsp3) is 0.400. The molecule has 0 N–H and O–H groups in total. The van der Waals surface area contributed by atoms with E-state index < -0.39 is 0 Å². The Morgan fingerprint density at radius 1 is 1.25 bits per heavy atom. The van der Waals surface area contributed by atoms with Crippen LogP contribution in [0.2, 0.25) is 0 Å². The van der Waals surface area contributed by atoms with Gasteiger partial charge >= 0.3 is 5.97 Å². The Bertz CT molecular complexity index is 738. The lowest BCUT2D eigenvalue weighted by molar-refractivity contribution is 0.0600. The summed E-state index contributed by atoms with van der Waals surface area (Å²) in [6.45, 7) is 4.67. The number of pyridine rings is 1. The molecule has 0 radical (unpaired) electrons. The molecule has 0 bridgehead atoms. The number of hydrogen-bond donors (Lipinski definition) is 0. The van der Waals surface area contributed by atoms with E-state index in [0.29, 0.717) is 5.56 Å². The normalized spacial score (nSPS) is 15.6. The average molecular weight is 341 g/mol. The van der Waals surface area contributed by atoms with Gasteiger partial charge in [0, 0.05) is 16.8 Å². The van der Waals surface area contributed by atoms with Crippen LogP contribution in [0.15, 0.2) is 41.4 Å². The first kappa shape index (κ1) is 17.0. The zero-order chi connectivity index (χ0) is 17.2. The summed E-state index contributed by atoms with van der Waals surface area (Å²) < 4.78 is 4.70. The van der Waals surface area contributed by atoms with Crippen molar-refractivity contribution in [3.63, 3.8) is 0 Å². The SMILES string of the molecule is COC(=O)c1ccc(CCc2ccc3c(c2)C(C)(C)CCS3)nc1. The van der Waals surface area contributed by atoms with Crippen LogP contribution < -0.4 is 0 Å². The van der Waals surface area contributed by atoms with Gasteiger partial charge in [0.25, 0.3) is 0 Å². The third-order valence-electron chi connectivity index (χ3n) is 4.67. The highest BCUT2D eigenvalue weighted by Gasteiger charge is 2.27. The van der Waals surface area contributed by atoms with Crippen LogP contribution in [0.5, 0.6) is 0 Å². The molecule has 24 heavy (non-hydrogen) atoms. The monoisotopic (exact) mass is 341 g/mol. The van der Waals surface area contributed by atoms with Crippen LogP contribution >= 0.6 is 11.8 Å². The number of hydrogen-bond acceptors (Lipinski definition) is 4. The largest absolute Gasteiger partial charge is 0.465 e. The van der Waals surface area contributed by atoms with Crippen LogP contribution in [0, 0.1) is 0 Å². The second-order valence-corrected chi connectivity index (χ2v) is 7.98. The fourth-order valence-electron chi connectivity index (χ4n) is 3.02. The van der Waals surface area contributed by atoms with Crippen LogP contribution in [-0.2, 0) is 23.0 Å². The number of benzene rings is 1. The summed E-state index contributed by atoms with van der Waals surface area (Å²) in [6.07, 6.45) is 4.64. The van der Waals surface area contributed by atoms with Crippen molar-refractivity contribution in [3.05, 3.63) is 58.9 Å². The standard InChI is InChI=1S/C20H23NO2S/c1-20(2)10-11-24-18-9-5-14(12-17(18)20)4-7-16-8-6-15(13-21-16)19(22)23-3/h5-6,8-9,12-13H,4,7,10-11H2,1-3H3. The van der Waals surface area contributed by atoms with Crippen LogP contribution in [0.25, 0.3) is 0 Å². The van der Waals surface area contributed by atoms with Gasteiger partial charge in [-0.05, 0) is 59.8 Å². The van der Waals surface area contributed by atoms with Gasteiger partial charge in [0.15, 0.2) is 0 Å². The van der Waals surface area contributed by atoms with E-state index in [2.05, 4.69) is 37.0 Å². The molecular weight excluding hydrogens is 318 g/mol. The van der Waals surface area contributed by atoms with Crippen molar-refractivity contribution in [2.75, 3.05) is 12.9 Å². The highest BCUT2D eigenvalue weighted by molar-refractivity contribution is 7.99. The molecule has 0 fully saturated rings. The molecule has 0 atom stereocenters. The molecule has 3 nitrogen and oxygen atoms in total. The van der Waals surface area contributed by atoms with Crippen LogP contribution in [0.3, 0.4) is 0 Å². The van der Waals surface area contributed by atoms with Gasteiger partial charge in [0.1, 0.15) is 0 Å². The fourth-order valence-corrected chi connectivity index (χ4v) is 4.51. The molecule has 0 aliphatic carbocycles. The summed E-state index contributed by atoms with van der Waals surface area (Å²) in [5, 5.41) is 0. The Morgan fingerprint density at radius 3 is 2.79 bits per heavy atom. The van der Waals surface area contributed by atoms with Crippen molar-refractivity contribution in [2.45, 2.75) is 43.4 Å². The minimum absolute atomic E-state index is 0.261. The van der Waals surface area contributed by atoms with E-state index in [4.69, 9.17) is 4.74 Å². The molecule has 1 aliphatic heterocycles. The van der Waals surface area contributed by atoms with Crippen molar-refractivity contribution in [3.8, 4) is 0 Å². The number of carbonyl (C=O) groups excluding carboxylic acids is 1. The number of methoxy groups -OCH3 is 1. The molecule has 1 aromatic carbocycles. The Hall–Kier alpha value is -1.81. The predicted octanol–water partition coefficient (Wildman–Crippen LogP) is 4.43. The summed E-state index contributed by atoms with van der Waals surface area (Å²) in [7, 11) is 1.38.